The Kier molecular flexibility index (Phi) is 4.39. The molecular formula is C11H17N3O3. The largest absolute Gasteiger partial charge is 0.478 e. The van der Waals surface area contributed by atoms with Crippen molar-refractivity contribution in [1.29, 1.82) is 0 Å². The van der Waals surface area contributed by atoms with E-state index in [9.17, 15) is 4.79 Å². The van der Waals surface area contributed by atoms with Crippen LogP contribution in [0.3, 0.4) is 0 Å². The van der Waals surface area contributed by atoms with E-state index in [1.54, 1.807) is 14.0 Å². The topological polar surface area (TPSA) is 75.5 Å². The van der Waals surface area contributed by atoms with E-state index in [4.69, 9.17) is 9.84 Å². The molecule has 1 aromatic heterocycles. The average Bonchev–Trinajstić information content (AvgIpc) is 2.28. The highest BCUT2D eigenvalue weighted by Crippen LogP contribution is 2.10. The van der Waals surface area contributed by atoms with Gasteiger partial charge in [0, 0.05) is 26.9 Å². The monoisotopic (exact) mass is 239 g/mol. The van der Waals surface area contributed by atoms with Crippen molar-refractivity contribution in [3.8, 4) is 0 Å². The smallest absolute Gasteiger partial charge is 0.339 e. The van der Waals surface area contributed by atoms with E-state index >= 15 is 0 Å². The molecule has 0 aliphatic carbocycles. The van der Waals surface area contributed by atoms with Gasteiger partial charge < -0.3 is 14.7 Å². The van der Waals surface area contributed by atoms with Crippen LogP contribution in [0.5, 0.6) is 0 Å². The van der Waals surface area contributed by atoms with Gasteiger partial charge in [-0.1, -0.05) is 0 Å². The number of carbonyl (C=O) groups is 1. The molecule has 0 aromatic carbocycles. The number of nitrogens with zero attached hydrogens (tertiary/aromatic N) is 3. The number of methoxy groups -OCH3 is 1. The minimum absolute atomic E-state index is 0.0584. The molecule has 6 heteroatoms. The van der Waals surface area contributed by atoms with Crippen LogP contribution in [0.25, 0.3) is 0 Å². The molecule has 0 saturated carbocycles. The summed E-state index contributed by atoms with van der Waals surface area (Å²) in [6, 6.07) is 0. The lowest BCUT2D eigenvalue weighted by Gasteiger charge is -2.20. The first-order chi connectivity index (χ1) is 7.95. The number of hydrogen-bond donors (Lipinski definition) is 1. The number of anilines is 1. The first kappa shape index (κ1) is 13.4. The summed E-state index contributed by atoms with van der Waals surface area (Å²) in [4.78, 5) is 20.8. The molecule has 1 N–H and O–H groups in total. The van der Waals surface area contributed by atoms with Crippen LogP contribution in [0.15, 0.2) is 6.20 Å². The van der Waals surface area contributed by atoms with Crippen LogP contribution < -0.4 is 4.90 Å². The lowest BCUT2D eigenvalue weighted by Crippen LogP contribution is -2.30. The first-order valence-electron chi connectivity index (χ1n) is 5.26. The van der Waals surface area contributed by atoms with Crippen molar-refractivity contribution < 1.29 is 14.6 Å². The molecule has 1 aromatic rings. The average molecular weight is 239 g/mol. The number of aromatic carboxylic acids is 1. The van der Waals surface area contributed by atoms with E-state index in [0.29, 0.717) is 18.2 Å². The molecule has 6 nitrogen and oxygen atoms in total. The lowest BCUT2D eigenvalue weighted by atomic mass is 10.2. The van der Waals surface area contributed by atoms with Gasteiger partial charge in [-0.3, -0.25) is 0 Å². The molecule has 0 aliphatic heterocycles. The quantitative estimate of drug-likeness (QED) is 0.824. The van der Waals surface area contributed by atoms with Crippen molar-refractivity contribution in [3.63, 3.8) is 0 Å². The number of aromatic nitrogens is 2. The Balaban J connectivity index is 2.86. The minimum Gasteiger partial charge on any atom is -0.478 e. The summed E-state index contributed by atoms with van der Waals surface area (Å²) in [5.74, 6) is -0.515. The molecule has 0 amide bonds. The van der Waals surface area contributed by atoms with Gasteiger partial charge in [0.15, 0.2) is 0 Å². The Labute approximate surface area is 100 Å². The Morgan fingerprint density at radius 1 is 1.65 bits per heavy atom. The predicted octanol–water partition coefficient (Wildman–Crippen LogP) is 0.954. The third-order valence-electron chi connectivity index (χ3n) is 2.47. The van der Waals surface area contributed by atoms with Crippen molar-refractivity contribution in [3.05, 3.63) is 17.5 Å². The molecule has 1 atom stereocenters. The third-order valence-corrected chi connectivity index (χ3v) is 2.47. The molecule has 1 unspecified atom stereocenters. The summed E-state index contributed by atoms with van der Waals surface area (Å²) in [7, 11) is 3.48. The second-order valence-electron chi connectivity index (χ2n) is 3.90. The van der Waals surface area contributed by atoms with Crippen LogP contribution >= 0.6 is 0 Å². The summed E-state index contributed by atoms with van der Waals surface area (Å²) in [5, 5.41) is 8.87. The van der Waals surface area contributed by atoms with Gasteiger partial charge in [-0.2, -0.15) is 0 Å². The lowest BCUT2D eigenvalue weighted by molar-refractivity contribution is 0.0695. The second-order valence-corrected chi connectivity index (χ2v) is 3.90. The fourth-order valence-electron chi connectivity index (χ4n) is 1.39. The van der Waals surface area contributed by atoms with E-state index in [1.807, 2.05) is 18.9 Å². The van der Waals surface area contributed by atoms with E-state index in [2.05, 4.69) is 9.97 Å². The van der Waals surface area contributed by atoms with Crippen molar-refractivity contribution in [2.45, 2.75) is 20.0 Å². The van der Waals surface area contributed by atoms with E-state index in [1.165, 1.54) is 6.20 Å². The molecule has 1 heterocycles. The van der Waals surface area contributed by atoms with Crippen molar-refractivity contribution >= 4 is 11.9 Å². The molecule has 0 fully saturated rings. The SMILES string of the molecule is COC(C)CN(C)c1ncc(C(=O)O)c(C)n1. The van der Waals surface area contributed by atoms with Gasteiger partial charge in [0.25, 0.3) is 0 Å². The number of rotatable bonds is 5. The van der Waals surface area contributed by atoms with Crippen LogP contribution in [0, 0.1) is 6.92 Å². The van der Waals surface area contributed by atoms with Gasteiger partial charge >= 0.3 is 5.97 Å². The molecule has 0 saturated heterocycles. The molecule has 17 heavy (non-hydrogen) atoms. The highest BCUT2D eigenvalue weighted by Gasteiger charge is 2.13. The van der Waals surface area contributed by atoms with Crippen LogP contribution in [0.1, 0.15) is 23.0 Å². The first-order valence-corrected chi connectivity index (χ1v) is 5.26. The highest BCUT2D eigenvalue weighted by molar-refractivity contribution is 5.88. The zero-order chi connectivity index (χ0) is 13.0. The summed E-state index contributed by atoms with van der Waals surface area (Å²) in [5.41, 5.74) is 0.585. The fourth-order valence-corrected chi connectivity index (χ4v) is 1.39. The number of aryl methyl sites for hydroxylation is 1. The maximum absolute atomic E-state index is 10.8. The summed E-state index contributed by atoms with van der Waals surface area (Å²) in [6.45, 7) is 4.24. The maximum atomic E-state index is 10.8. The van der Waals surface area contributed by atoms with Gasteiger partial charge in [-0.25, -0.2) is 14.8 Å². The Hall–Kier alpha value is -1.69. The van der Waals surface area contributed by atoms with Crippen molar-refractivity contribution in [2.24, 2.45) is 0 Å². The number of hydrogen-bond acceptors (Lipinski definition) is 5. The molecule has 94 valence electrons. The molecule has 0 bridgehead atoms. The highest BCUT2D eigenvalue weighted by atomic mass is 16.5. The fraction of sp³-hybridized carbons (Fsp3) is 0.545. The van der Waals surface area contributed by atoms with Crippen LogP contribution in [0.4, 0.5) is 5.95 Å². The molecule has 0 radical (unpaired) electrons. The van der Waals surface area contributed by atoms with Gasteiger partial charge in [0.2, 0.25) is 5.95 Å². The molecule has 1 rings (SSSR count). The number of ether oxygens (including phenoxy) is 1. The van der Waals surface area contributed by atoms with Gasteiger partial charge in [-0.15, -0.1) is 0 Å². The Morgan fingerprint density at radius 3 is 2.76 bits per heavy atom. The third kappa shape index (κ3) is 3.39. The summed E-state index contributed by atoms with van der Waals surface area (Å²) in [6.07, 6.45) is 1.39. The maximum Gasteiger partial charge on any atom is 0.339 e. The zero-order valence-corrected chi connectivity index (χ0v) is 10.5. The van der Waals surface area contributed by atoms with Gasteiger partial charge in [-0.05, 0) is 13.8 Å². The number of carboxylic acid groups (broad SMARTS) is 1. The second kappa shape index (κ2) is 5.58. The zero-order valence-electron chi connectivity index (χ0n) is 10.5. The van der Waals surface area contributed by atoms with E-state index in [-0.39, 0.29) is 11.7 Å². The van der Waals surface area contributed by atoms with Crippen molar-refractivity contribution in [2.75, 3.05) is 25.6 Å². The van der Waals surface area contributed by atoms with E-state index in [0.717, 1.165) is 0 Å². The van der Waals surface area contributed by atoms with Crippen LogP contribution in [-0.4, -0.2) is 47.8 Å². The molecular weight excluding hydrogens is 222 g/mol. The van der Waals surface area contributed by atoms with Gasteiger partial charge in [0.05, 0.1) is 17.4 Å². The molecule has 0 aliphatic rings. The van der Waals surface area contributed by atoms with Crippen molar-refractivity contribution in [1.82, 2.24) is 9.97 Å². The summed E-state index contributed by atoms with van der Waals surface area (Å²) < 4.78 is 5.14. The van der Waals surface area contributed by atoms with Crippen LogP contribution in [0.2, 0.25) is 0 Å². The summed E-state index contributed by atoms with van der Waals surface area (Å²) >= 11 is 0. The normalized spacial score (nSPS) is 12.2. The Bertz CT molecular complexity index is 409. The predicted molar refractivity (Wildman–Crippen MR) is 63.5 cm³/mol. The molecule has 0 spiro atoms. The standard InChI is InChI=1S/C11H17N3O3/c1-7(17-4)6-14(3)11-12-5-9(10(15)16)8(2)13-11/h5,7H,6H2,1-4H3,(H,15,16). The minimum atomic E-state index is -1.01. The van der Waals surface area contributed by atoms with E-state index < -0.39 is 5.97 Å². The van der Waals surface area contributed by atoms with Gasteiger partial charge in [0.1, 0.15) is 0 Å². The van der Waals surface area contributed by atoms with Crippen LogP contribution in [-0.2, 0) is 4.74 Å². The number of carboxylic acids is 1. The number of likely N-dealkylation sites (N-methyl/N-ethyl adjacent to an activating group) is 1. The Morgan fingerprint density at radius 2 is 2.29 bits per heavy atom.